The lowest BCUT2D eigenvalue weighted by atomic mass is 10.2. The Morgan fingerprint density at radius 2 is 2.10 bits per heavy atom. The molecule has 110 valence electrons. The molecule has 6 heteroatoms. The number of aromatic nitrogens is 1. The van der Waals surface area contributed by atoms with E-state index >= 15 is 0 Å². The van der Waals surface area contributed by atoms with Crippen molar-refractivity contribution in [2.24, 2.45) is 0 Å². The van der Waals surface area contributed by atoms with Gasteiger partial charge in [-0.05, 0) is 31.6 Å². The lowest BCUT2D eigenvalue weighted by molar-refractivity contribution is 0.0772. The van der Waals surface area contributed by atoms with Crippen LogP contribution in [0.2, 0.25) is 10.2 Å². The lowest BCUT2D eigenvalue weighted by Gasteiger charge is -2.26. The number of halogens is 2. The molecule has 20 heavy (non-hydrogen) atoms. The van der Waals surface area contributed by atoms with Crippen LogP contribution in [0, 0.1) is 0 Å². The molecule has 0 radical (unpaired) electrons. The standard InChI is InChI=1S/C14H19Cl2N3O/c1-3-18(4-2)10-7-8-19(9-10)14(20)13-11(15)5-6-12(16)17-13/h5-6,10H,3-4,7-9H2,1-2H3. The molecule has 0 saturated carbocycles. The number of amides is 1. The quantitative estimate of drug-likeness (QED) is 0.801. The number of carbonyl (C=O) groups is 1. The Bertz CT molecular complexity index is 491. The third-order valence-electron chi connectivity index (χ3n) is 3.79. The van der Waals surface area contributed by atoms with Crippen molar-refractivity contribution in [3.63, 3.8) is 0 Å². The summed E-state index contributed by atoms with van der Waals surface area (Å²) < 4.78 is 0. The summed E-state index contributed by atoms with van der Waals surface area (Å²) in [4.78, 5) is 20.7. The van der Waals surface area contributed by atoms with Gasteiger partial charge in [0, 0.05) is 19.1 Å². The average molecular weight is 316 g/mol. The van der Waals surface area contributed by atoms with E-state index in [-0.39, 0.29) is 16.8 Å². The number of nitrogens with zero attached hydrogens (tertiary/aromatic N) is 3. The third-order valence-corrected chi connectivity index (χ3v) is 4.31. The molecule has 0 aromatic carbocycles. The van der Waals surface area contributed by atoms with E-state index in [2.05, 4.69) is 23.7 Å². The van der Waals surface area contributed by atoms with Crippen molar-refractivity contribution in [3.8, 4) is 0 Å². The first-order valence-electron chi connectivity index (χ1n) is 6.92. The molecule has 1 saturated heterocycles. The van der Waals surface area contributed by atoms with Gasteiger partial charge in [0.2, 0.25) is 0 Å². The van der Waals surface area contributed by atoms with Gasteiger partial charge in [-0.1, -0.05) is 37.0 Å². The second-order valence-electron chi connectivity index (χ2n) is 4.88. The largest absolute Gasteiger partial charge is 0.336 e. The Labute approximate surface area is 129 Å². The molecular weight excluding hydrogens is 297 g/mol. The number of rotatable bonds is 4. The number of hydrogen-bond donors (Lipinski definition) is 0. The predicted molar refractivity (Wildman–Crippen MR) is 81.5 cm³/mol. The minimum atomic E-state index is -0.132. The van der Waals surface area contributed by atoms with Gasteiger partial charge in [-0.3, -0.25) is 9.69 Å². The van der Waals surface area contributed by atoms with Crippen LogP contribution < -0.4 is 0 Å². The minimum absolute atomic E-state index is 0.132. The summed E-state index contributed by atoms with van der Waals surface area (Å²) in [5, 5.41) is 0.642. The molecule has 1 fully saturated rings. The molecule has 2 heterocycles. The SMILES string of the molecule is CCN(CC)C1CCN(C(=O)c2nc(Cl)ccc2Cl)C1. The van der Waals surface area contributed by atoms with Crippen LogP contribution in [-0.4, -0.2) is 52.9 Å². The molecule has 0 N–H and O–H groups in total. The van der Waals surface area contributed by atoms with Gasteiger partial charge in [0.1, 0.15) is 10.8 Å². The molecule has 1 unspecified atom stereocenters. The van der Waals surface area contributed by atoms with Gasteiger partial charge >= 0.3 is 0 Å². The monoisotopic (exact) mass is 315 g/mol. The van der Waals surface area contributed by atoms with Crippen LogP contribution >= 0.6 is 23.2 Å². The fraction of sp³-hybridized carbons (Fsp3) is 0.571. The van der Waals surface area contributed by atoms with Crippen LogP contribution in [0.5, 0.6) is 0 Å². The van der Waals surface area contributed by atoms with E-state index in [1.165, 1.54) is 0 Å². The molecule has 0 bridgehead atoms. The van der Waals surface area contributed by atoms with Crippen LogP contribution in [0.15, 0.2) is 12.1 Å². The van der Waals surface area contributed by atoms with Gasteiger partial charge < -0.3 is 4.90 Å². The maximum absolute atomic E-state index is 12.5. The fourth-order valence-electron chi connectivity index (χ4n) is 2.68. The van der Waals surface area contributed by atoms with Crippen molar-refractivity contribution in [2.45, 2.75) is 26.3 Å². The van der Waals surface area contributed by atoms with Crippen LogP contribution in [0.25, 0.3) is 0 Å². The summed E-state index contributed by atoms with van der Waals surface area (Å²) in [6.07, 6.45) is 0.992. The van der Waals surface area contributed by atoms with E-state index in [1.54, 1.807) is 12.1 Å². The number of carbonyl (C=O) groups excluding carboxylic acids is 1. The minimum Gasteiger partial charge on any atom is -0.336 e. The first kappa shape index (κ1) is 15.5. The molecule has 1 amide bonds. The summed E-state index contributed by atoms with van der Waals surface area (Å²) in [7, 11) is 0. The number of likely N-dealkylation sites (tertiary alicyclic amines) is 1. The Morgan fingerprint density at radius 3 is 2.75 bits per heavy atom. The van der Waals surface area contributed by atoms with Crippen molar-refractivity contribution in [1.82, 2.24) is 14.8 Å². The number of pyridine rings is 1. The van der Waals surface area contributed by atoms with Crippen molar-refractivity contribution >= 4 is 29.1 Å². The summed E-state index contributed by atoms with van der Waals surface area (Å²) in [6.45, 7) is 7.75. The molecule has 1 aliphatic rings. The van der Waals surface area contributed by atoms with Gasteiger partial charge in [0.15, 0.2) is 0 Å². The third kappa shape index (κ3) is 3.25. The lowest BCUT2D eigenvalue weighted by Crippen LogP contribution is -2.38. The Hall–Kier alpha value is -0.840. The van der Waals surface area contributed by atoms with Crippen molar-refractivity contribution < 1.29 is 4.79 Å². The Kier molecular flexibility index (Phi) is 5.24. The topological polar surface area (TPSA) is 36.4 Å². The highest BCUT2D eigenvalue weighted by Gasteiger charge is 2.31. The van der Waals surface area contributed by atoms with E-state index in [1.807, 2.05) is 4.90 Å². The van der Waals surface area contributed by atoms with Gasteiger partial charge in [-0.25, -0.2) is 4.98 Å². The molecule has 1 aromatic rings. The van der Waals surface area contributed by atoms with Gasteiger partial charge in [0.05, 0.1) is 5.02 Å². The summed E-state index contributed by atoms with van der Waals surface area (Å²) >= 11 is 11.9. The predicted octanol–water partition coefficient (Wildman–Crippen LogP) is 2.94. The molecule has 0 spiro atoms. The molecule has 1 aromatic heterocycles. The Morgan fingerprint density at radius 1 is 1.40 bits per heavy atom. The molecule has 1 atom stereocenters. The van der Waals surface area contributed by atoms with Crippen LogP contribution in [0.3, 0.4) is 0 Å². The second-order valence-corrected chi connectivity index (χ2v) is 5.67. The van der Waals surface area contributed by atoms with Gasteiger partial charge in [-0.2, -0.15) is 0 Å². The summed E-state index contributed by atoms with van der Waals surface area (Å²) in [5.74, 6) is -0.132. The number of likely N-dealkylation sites (N-methyl/N-ethyl adjacent to an activating group) is 1. The normalized spacial score (nSPS) is 18.9. The van der Waals surface area contributed by atoms with Gasteiger partial charge in [-0.15, -0.1) is 0 Å². The van der Waals surface area contributed by atoms with Crippen molar-refractivity contribution in [2.75, 3.05) is 26.2 Å². The molecule has 1 aliphatic heterocycles. The fourth-order valence-corrected chi connectivity index (χ4v) is 3.02. The van der Waals surface area contributed by atoms with E-state index in [0.717, 1.165) is 32.6 Å². The number of hydrogen-bond acceptors (Lipinski definition) is 3. The van der Waals surface area contributed by atoms with Gasteiger partial charge in [0.25, 0.3) is 5.91 Å². The highest BCUT2D eigenvalue weighted by Crippen LogP contribution is 2.22. The summed E-state index contributed by atoms with van der Waals surface area (Å²) in [5.41, 5.74) is 0.249. The smallest absolute Gasteiger partial charge is 0.274 e. The highest BCUT2D eigenvalue weighted by atomic mass is 35.5. The highest BCUT2D eigenvalue weighted by molar-refractivity contribution is 6.34. The zero-order valence-electron chi connectivity index (χ0n) is 11.8. The zero-order chi connectivity index (χ0) is 14.7. The Balaban J connectivity index is 2.10. The summed E-state index contributed by atoms with van der Waals surface area (Å²) in [6, 6.07) is 3.62. The molecule has 2 rings (SSSR count). The van der Waals surface area contributed by atoms with Crippen LogP contribution in [0.4, 0.5) is 0 Å². The maximum atomic E-state index is 12.5. The zero-order valence-corrected chi connectivity index (χ0v) is 13.3. The first-order chi connectivity index (χ1) is 9.56. The van der Waals surface area contributed by atoms with Crippen molar-refractivity contribution in [3.05, 3.63) is 28.0 Å². The molecular formula is C14H19Cl2N3O. The van der Waals surface area contributed by atoms with E-state index < -0.39 is 0 Å². The van der Waals surface area contributed by atoms with Crippen molar-refractivity contribution in [1.29, 1.82) is 0 Å². The van der Waals surface area contributed by atoms with E-state index in [9.17, 15) is 4.79 Å². The molecule has 4 nitrogen and oxygen atoms in total. The second kappa shape index (κ2) is 6.74. The maximum Gasteiger partial charge on any atom is 0.274 e. The average Bonchev–Trinajstić information content (AvgIpc) is 2.92. The van der Waals surface area contributed by atoms with Crippen LogP contribution in [-0.2, 0) is 0 Å². The first-order valence-corrected chi connectivity index (χ1v) is 7.67. The van der Waals surface area contributed by atoms with Crippen LogP contribution in [0.1, 0.15) is 30.8 Å². The van der Waals surface area contributed by atoms with E-state index in [0.29, 0.717) is 11.1 Å². The molecule has 0 aliphatic carbocycles. The van der Waals surface area contributed by atoms with E-state index in [4.69, 9.17) is 23.2 Å².